The molecule has 0 aromatic heterocycles. The number of piperidine rings is 1. The zero-order valence-electron chi connectivity index (χ0n) is 10.8. The van der Waals surface area contributed by atoms with Crippen LogP contribution in [0.25, 0.3) is 0 Å². The van der Waals surface area contributed by atoms with Gasteiger partial charge in [0.05, 0.1) is 11.5 Å². The molecule has 4 heteroatoms. The first kappa shape index (κ1) is 12.4. The summed E-state index contributed by atoms with van der Waals surface area (Å²) in [6, 6.07) is 0.231. The summed E-state index contributed by atoms with van der Waals surface area (Å²) in [6.45, 7) is 1.78. The summed E-state index contributed by atoms with van der Waals surface area (Å²) in [5, 5.41) is 19.8. The number of aliphatic hydroxyl groups is 1. The fraction of sp³-hybridized carbons (Fsp3) is 0.929. The molecular weight excluding hydrogens is 230 g/mol. The maximum Gasteiger partial charge on any atom is 0.308 e. The van der Waals surface area contributed by atoms with Crippen LogP contribution >= 0.6 is 0 Å². The molecule has 1 heterocycles. The van der Waals surface area contributed by atoms with Gasteiger partial charge in [0.25, 0.3) is 0 Å². The van der Waals surface area contributed by atoms with E-state index in [1.54, 1.807) is 0 Å². The Morgan fingerprint density at radius 1 is 1.17 bits per heavy atom. The number of likely N-dealkylation sites (tertiary alicyclic amines) is 1. The number of rotatable bonds is 2. The average Bonchev–Trinajstić information content (AvgIpc) is 2.27. The van der Waals surface area contributed by atoms with Crippen molar-refractivity contribution in [1.82, 2.24) is 4.90 Å². The van der Waals surface area contributed by atoms with Gasteiger partial charge in [0, 0.05) is 25.0 Å². The van der Waals surface area contributed by atoms with E-state index in [0.717, 1.165) is 51.6 Å². The van der Waals surface area contributed by atoms with Gasteiger partial charge in [-0.3, -0.25) is 9.69 Å². The van der Waals surface area contributed by atoms with Crippen molar-refractivity contribution in [2.75, 3.05) is 13.1 Å². The fourth-order valence-corrected chi connectivity index (χ4v) is 4.11. The number of hydrogen-bond donors (Lipinski definition) is 2. The summed E-state index contributed by atoms with van der Waals surface area (Å²) in [5.41, 5.74) is -0.447. The van der Waals surface area contributed by atoms with Crippen LogP contribution in [0.2, 0.25) is 0 Å². The lowest BCUT2D eigenvalue weighted by molar-refractivity contribution is -0.153. The van der Waals surface area contributed by atoms with E-state index in [9.17, 15) is 9.90 Å². The number of nitrogens with zero attached hydrogens (tertiary/aromatic N) is 1. The number of aliphatic carboxylic acids is 1. The van der Waals surface area contributed by atoms with Gasteiger partial charge in [-0.05, 0) is 32.1 Å². The van der Waals surface area contributed by atoms with Gasteiger partial charge in [0.1, 0.15) is 0 Å². The van der Waals surface area contributed by atoms with Crippen LogP contribution in [0.4, 0.5) is 0 Å². The molecule has 0 amide bonds. The van der Waals surface area contributed by atoms with Crippen molar-refractivity contribution in [3.63, 3.8) is 0 Å². The molecule has 4 nitrogen and oxygen atoms in total. The first-order valence-corrected chi connectivity index (χ1v) is 7.29. The van der Waals surface area contributed by atoms with Crippen LogP contribution in [0.5, 0.6) is 0 Å². The van der Waals surface area contributed by atoms with E-state index in [0.29, 0.717) is 5.92 Å². The van der Waals surface area contributed by atoms with Crippen molar-refractivity contribution >= 4 is 5.97 Å². The molecule has 0 radical (unpaired) electrons. The monoisotopic (exact) mass is 253 g/mol. The first-order chi connectivity index (χ1) is 8.60. The first-order valence-electron chi connectivity index (χ1n) is 7.29. The standard InChI is InChI=1S/C14H23NO3/c16-13(17)11-4-5-12(11)15-8-7-14(18)6-2-1-3-10(14)9-15/h10-12,18H,1-9H2,(H,16,17). The molecule has 3 fully saturated rings. The van der Waals surface area contributed by atoms with Gasteiger partial charge in [-0.15, -0.1) is 0 Å². The zero-order valence-corrected chi connectivity index (χ0v) is 10.8. The minimum atomic E-state index is -0.643. The predicted molar refractivity (Wildman–Crippen MR) is 67.2 cm³/mol. The lowest BCUT2D eigenvalue weighted by Crippen LogP contribution is -2.59. The molecule has 3 rings (SSSR count). The van der Waals surface area contributed by atoms with Crippen LogP contribution in [0.1, 0.15) is 44.9 Å². The molecule has 18 heavy (non-hydrogen) atoms. The van der Waals surface area contributed by atoms with Gasteiger partial charge in [-0.2, -0.15) is 0 Å². The number of carbonyl (C=O) groups is 1. The van der Waals surface area contributed by atoms with Crippen molar-refractivity contribution in [3.05, 3.63) is 0 Å². The second-order valence-corrected chi connectivity index (χ2v) is 6.38. The quantitative estimate of drug-likeness (QED) is 0.782. The number of hydrogen-bond acceptors (Lipinski definition) is 3. The van der Waals surface area contributed by atoms with Crippen molar-refractivity contribution in [1.29, 1.82) is 0 Å². The normalized spacial score (nSPS) is 45.1. The van der Waals surface area contributed by atoms with Crippen LogP contribution in [0.15, 0.2) is 0 Å². The Labute approximate surface area is 108 Å². The summed E-state index contributed by atoms with van der Waals surface area (Å²) in [5.74, 6) is -0.439. The third-order valence-electron chi connectivity index (χ3n) is 5.48. The summed E-state index contributed by atoms with van der Waals surface area (Å²) < 4.78 is 0. The molecule has 4 atom stereocenters. The van der Waals surface area contributed by atoms with Crippen molar-refractivity contribution in [3.8, 4) is 0 Å². The maximum atomic E-state index is 11.1. The van der Waals surface area contributed by atoms with Gasteiger partial charge in [0.15, 0.2) is 0 Å². The highest BCUT2D eigenvalue weighted by Crippen LogP contribution is 2.43. The molecule has 0 aromatic rings. The van der Waals surface area contributed by atoms with E-state index in [2.05, 4.69) is 4.90 Å². The Bertz CT molecular complexity index is 346. The molecule has 0 bridgehead atoms. The highest BCUT2D eigenvalue weighted by atomic mass is 16.4. The van der Waals surface area contributed by atoms with Crippen LogP contribution in [0.3, 0.4) is 0 Å². The van der Waals surface area contributed by atoms with Crippen molar-refractivity contribution in [2.45, 2.75) is 56.6 Å². The fourth-order valence-electron chi connectivity index (χ4n) is 4.11. The molecule has 3 aliphatic rings. The van der Waals surface area contributed by atoms with Gasteiger partial charge in [-0.1, -0.05) is 12.8 Å². The minimum absolute atomic E-state index is 0.167. The molecule has 1 aliphatic heterocycles. The third kappa shape index (κ3) is 1.95. The third-order valence-corrected chi connectivity index (χ3v) is 5.48. The van der Waals surface area contributed by atoms with Crippen LogP contribution < -0.4 is 0 Å². The average molecular weight is 253 g/mol. The second kappa shape index (κ2) is 4.49. The molecule has 1 saturated heterocycles. The Morgan fingerprint density at radius 2 is 2.00 bits per heavy atom. The topological polar surface area (TPSA) is 60.8 Å². The predicted octanol–water partition coefficient (Wildman–Crippen LogP) is 1.48. The smallest absolute Gasteiger partial charge is 0.308 e. The molecule has 2 aliphatic carbocycles. The van der Waals surface area contributed by atoms with Crippen LogP contribution in [-0.2, 0) is 4.79 Å². The number of fused-ring (bicyclic) bond motifs is 1. The minimum Gasteiger partial charge on any atom is -0.481 e. The molecule has 2 N–H and O–H groups in total. The number of carboxylic acids is 1. The van der Waals surface area contributed by atoms with E-state index in [1.807, 2.05) is 0 Å². The Kier molecular flexibility index (Phi) is 3.10. The Balaban J connectivity index is 1.65. The second-order valence-electron chi connectivity index (χ2n) is 6.38. The SMILES string of the molecule is O=C(O)C1CCC1N1CCC2(O)CCCCC2C1. The molecule has 4 unspecified atom stereocenters. The summed E-state index contributed by atoms with van der Waals surface area (Å²) in [7, 11) is 0. The molecular formula is C14H23NO3. The highest BCUT2D eigenvalue weighted by Gasteiger charge is 2.47. The van der Waals surface area contributed by atoms with Crippen molar-refractivity contribution < 1.29 is 15.0 Å². The van der Waals surface area contributed by atoms with Gasteiger partial charge in [0.2, 0.25) is 0 Å². The Hall–Kier alpha value is -0.610. The lowest BCUT2D eigenvalue weighted by Gasteiger charge is -2.52. The van der Waals surface area contributed by atoms with E-state index >= 15 is 0 Å². The van der Waals surface area contributed by atoms with E-state index in [-0.39, 0.29) is 12.0 Å². The molecule has 2 saturated carbocycles. The zero-order chi connectivity index (χ0) is 12.8. The van der Waals surface area contributed by atoms with Crippen LogP contribution in [-0.4, -0.2) is 45.8 Å². The number of carboxylic acid groups (broad SMARTS) is 1. The van der Waals surface area contributed by atoms with Crippen molar-refractivity contribution in [2.24, 2.45) is 11.8 Å². The largest absolute Gasteiger partial charge is 0.481 e. The van der Waals surface area contributed by atoms with Gasteiger partial charge in [-0.25, -0.2) is 0 Å². The summed E-state index contributed by atoms with van der Waals surface area (Å²) in [6.07, 6.45) is 7.09. The summed E-state index contributed by atoms with van der Waals surface area (Å²) >= 11 is 0. The van der Waals surface area contributed by atoms with Gasteiger partial charge >= 0.3 is 5.97 Å². The van der Waals surface area contributed by atoms with Crippen LogP contribution in [0, 0.1) is 11.8 Å². The van der Waals surface area contributed by atoms with E-state index in [1.165, 1.54) is 6.42 Å². The highest BCUT2D eigenvalue weighted by molar-refractivity contribution is 5.72. The van der Waals surface area contributed by atoms with E-state index < -0.39 is 11.6 Å². The summed E-state index contributed by atoms with van der Waals surface area (Å²) in [4.78, 5) is 13.4. The molecule has 0 aromatic carbocycles. The molecule has 102 valence electrons. The maximum absolute atomic E-state index is 11.1. The lowest BCUT2D eigenvalue weighted by atomic mass is 9.69. The Morgan fingerprint density at radius 3 is 2.67 bits per heavy atom. The van der Waals surface area contributed by atoms with E-state index in [4.69, 9.17) is 5.11 Å². The molecule has 0 spiro atoms. The van der Waals surface area contributed by atoms with Gasteiger partial charge < -0.3 is 10.2 Å².